The minimum absolute atomic E-state index is 0.135. The molecule has 0 bridgehead atoms. The fourth-order valence-corrected chi connectivity index (χ4v) is 8.91. The zero-order valence-electron chi connectivity index (χ0n) is 33.6. The summed E-state index contributed by atoms with van der Waals surface area (Å²) in [4.78, 5) is 20.6. The zero-order chi connectivity index (χ0) is 41.0. The van der Waals surface area contributed by atoms with Crippen molar-refractivity contribution in [2.24, 2.45) is 0 Å². The average Bonchev–Trinajstić information content (AvgIpc) is 3.35. The molecule has 2 aliphatic rings. The molecule has 292 valence electrons. The van der Waals surface area contributed by atoms with E-state index in [1.165, 1.54) is 5.56 Å². The van der Waals surface area contributed by atoms with Crippen LogP contribution in [-0.4, -0.2) is 26.5 Å². The normalized spacial score (nSPS) is 14.0. The van der Waals surface area contributed by atoms with E-state index < -0.39 is 0 Å². The van der Waals surface area contributed by atoms with Gasteiger partial charge in [0.2, 0.25) is 0 Å². The second-order valence-corrected chi connectivity index (χ2v) is 15.9. The molecule has 0 spiro atoms. The minimum atomic E-state index is -0.135. The van der Waals surface area contributed by atoms with E-state index in [0.29, 0.717) is 5.82 Å². The lowest BCUT2D eigenvalue weighted by molar-refractivity contribution is 0.908. The van der Waals surface area contributed by atoms with Crippen LogP contribution < -0.4 is 10.6 Å². The summed E-state index contributed by atoms with van der Waals surface area (Å²) in [6, 6.07) is 61.6. The van der Waals surface area contributed by atoms with Gasteiger partial charge in [-0.25, -0.2) is 19.9 Å². The van der Waals surface area contributed by atoms with Gasteiger partial charge in [0, 0.05) is 45.3 Å². The van der Waals surface area contributed by atoms with Crippen molar-refractivity contribution in [3.8, 4) is 56.3 Å². The van der Waals surface area contributed by atoms with Gasteiger partial charge in [0.05, 0.1) is 45.5 Å². The molecule has 0 saturated heterocycles. The Morgan fingerprint density at radius 2 is 1.13 bits per heavy atom. The Labute approximate surface area is 359 Å². The summed E-state index contributed by atoms with van der Waals surface area (Å²) in [5.41, 5.74) is 16.5. The van der Waals surface area contributed by atoms with Crippen molar-refractivity contribution in [3.05, 3.63) is 205 Å². The van der Waals surface area contributed by atoms with Crippen LogP contribution in [0.15, 0.2) is 188 Å². The van der Waals surface area contributed by atoms with Gasteiger partial charge in [-0.2, -0.15) is 0 Å². The highest BCUT2D eigenvalue weighted by molar-refractivity contribution is 6.06. The molecule has 5 heterocycles. The third-order valence-corrected chi connectivity index (χ3v) is 12.1. The van der Waals surface area contributed by atoms with Crippen LogP contribution in [0.3, 0.4) is 0 Å². The lowest BCUT2D eigenvalue weighted by Gasteiger charge is -2.23. The van der Waals surface area contributed by atoms with Crippen molar-refractivity contribution in [2.75, 3.05) is 17.2 Å². The number of nitrogens with zero attached hydrogens (tertiary/aromatic N) is 4. The molecule has 7 aromatic carbocycles. The minimum Gasteiger partial charge on any atom is -0.379 e. The van der Waals surface area contributed by atoms with Crippen LogP contribution >= 0.6 is 0 Å². The van der Waals surface area contributed by atoms with Crippen LogP contribution in [-0.2, 0) is 0 Å². The van der Waals surface area contributed by atoms with Gasteiger partial charge in [0.15, 0.2) is 5.82 Å². The number of hydrogen-bond donors (Lipinski definition) is 2. The van der Waals surface area contributed by atoms with Crippen molar-refractivity contribution in [1.82, 2.24) is 19.9 Å². The maximum atomic E-state index is 5.31. The maximum absolute atomic E-state index is 5.31. The average molecular weight is 795 g/mol. The second kappa shape index (κ2) is 14.8. The summed E-state index contributed by atoms with van der Waals surface area (Å²) in [5, 5.41) is 11.9. The number of rotatable bonds is 6. The largest absolute Gasteiger partial charge is 0.379 e. The Bertz CT molecular complexity index is 3390. The summed E-state index contributed by atoms with van der Waals surface area (Å²) < 4.78 is 0. The second-order valence-electron chi connectivity index (χ2n) is 15.9. The maximum Gasteiger partial charge on any atom is 0.160 e. The van der Waals surface area contributed by atoms with Gasteiger partial charge < -0.3 is 10.6 Å². The quantitative estimate of drug-likeness (QED) is 0.175. The highest BCUT2D eigenvalue weighted by Gasteiger charge is 2.20. The van der Waals surface area contributed by atoms with Gasteiger partial charge in [0.1, 0.15) is 0 Å². The van der Waals surface area contributed by atoms with E-state index in [-0.39, 0.29) is 6.04 Å². The first kappa shape index (κ1) is 35.7. The summed E-state index contributed by atoms with van der Waals surface area (Å²) in [7, 11) is 0. The lowest BCUT2D eigenvalue weighted by atomic mass is 9.94. The van der Waals surface area contributed by atoms with Crippen molar-refractivity contribution in [2.45, 2.75) is 6.04 Å². The van der Waals surface area contributed by atoms with Gasteiger partial charge in [-0.3, -0.25) is 0 Å². The molecule has 0 radical (unpaired) electrons. The summed E-state index contributed by atoms with van der Waals surface area (Å²) in [6.45, 7) is 0.802. The number of hydrogen-bond acceptors (Lipinski definition) is 6. The highest BCUT2D eigenvalue weighted by Crippen LogP contribution is 2.39. The molecular formula is C56H38N6. The third kappa shape index (κ3) is 6.37. The van der Waals surface area contributed by atoms with E-state index in [2.05, 4.69) is 174 Å². The van der Waals surface area contributed by atoms with Crippen molar-refractivity contribution < 1.29 is 0 Å². The summed E-state index contributed by atoms with van der Waals surface area (Å²) in [6.07, 6.45) is 8.69. The van der Waals surface area contributed by atoms with Crippen molar-refractivity contribution in [3.63, 3.8) is 0 Å². The predicted molar refractivity (Wildman–Crippen MR) is 257 cm³/mol. The van der Waals surface area contributed by atoms with Gasteiger partial charge in [-0.1, -0.05) is 170 Å². The molecule has 62 heavy (non-hydrogen) atoms. The molecule has 6 nitrogen and oxygen atoms in total. The Morgan fingerprint density at radius 1 is 0.468 bits per heavy atom. The standard InChI is InChI=1S/C56H38N6/c1-3-10-35(11-4-1)52-34-53(62-56(61-52)40-12-5-2-6-13-40)49-30-24-37-18-22-42(33-51(37)59-49)41-21-17-36-23-28-47(58-50(36)32-41)45-26-27-46(44-16-8-7-15-43(44)45)48-29-25-39-20-19-38-14-9-31-57-54(38)55(39)60-48/h1-30,32-34,49,57,59H,31H2. The molecule has 6 heteroatoms. The van der Waals surface area contributed by atoms with E-state index >= 15 is 0 Å². The Hall–Kier alpha value is -8.22. The van der Waals surface area contributed by atoms with Crippen LogP contribution in [0.25, 0.3) is 101 Å². The topological polar surface area (TPSA) is 75.6 Å². The van der Waals surface area contributed by atoms with Crippen LogP contribution in [0, 0.1) is 0 Å². The van der Waals surface area contributed by atoms with Crippen molar-refractivity contribution in [1.29, 1.82) is 0 Å². The van der Waals surface area contributed by atoms with E-state index in [1.807, 2.05) is 36.4 Å². The van der Waals surface area contributed by atoms with Gasteiger partial charge in [-0.15, -0.1) is 0 Å². The molecule has 1 atom stereocenters. The predicted octanol–water partition coefficient (Wildman–Crippen LogP) is 13.7. The lowest BCUT2D eigenvalue weighted by Crippen LogP contribution is -2.14. The third-order valence-electron chi connectivity index (χ3n) is 12.1. The van der Waals surface area contributed by atoms with E-state index in [9.17, 15) is 0 Å². The number of benzene rings is 7. The molecule has 1 unspecified atom stereocenters. The van der Waals surface area contributed by atoms with Gasteiger partial charge in [0.25, 0.3) is 0 Å². The molecule has 3 aromatic heterocycles. The molecule has 2 aliphatic heterocycles. The van der Waals surface area contributed by atoms with Crippen LogP contribution in [0.4, 0.5) is 11.4 Å². The van der Waals surface area contributed by atoms with Crippen molar-refractivity contribution >= 4 is 56.1 Å². The monoisotopic (exact) mass is 794 g/mol. The first-order valence-electron chi connectivity index (χ1n) is 21.1. The summed E-state index contributed by atoms with van der Waals surface area (Å²) >= 11 is 0. The Morgan fingerprint density at radius 3 is 1.94 bits per heavy atom. The number of fused-ring (bicyclic) bond motifs is 6. The number of nitrogens with one attached hydrogen (secondary N) is 2. The summed E-state index contributed by atoms with van der Waals surface area (Å²) in [5.74, 6) is 0.708. The van der Waals surface area contributed by atoms with Crippen LogP contribution in [0.5, 0.6) is 0 Å². The van der Waals surface area contributed by atoms with Crippen LogP contribution in [0.1, 0.15) is 22.9 Å². The van der Waals surface area contributed by atoms with Crippen LogP contribution in [0.2, 0.25) is 0 Å². The van der Waals surface area contributed by atoms with E-state index in [1.54, 1.807) is 0 Å². The SMILES string of the molecule is C1=Cc2ccc3ccc(-c4ccc(-c5ccc6ccc(-c7ccc8c(c7)NC(c7cc(-c9ccccc9)nc(-c9ccccc9)n7)C=C8)cc6n5)c5ccccc45)nc3c2NC1. The molecule has 0 saturated carbocycles. The first-order valence-corrected chi connectivity index (χ1v) is 21.1. The van der Waals surface area contributed by atoms with E-state index in [4.69, 9.17) is 19.9 Å². The molecule has 0 amide bonds. The zero-order valence-corrected chi connectivity index (χ0v) is 33.6. The number of pyridine rings is 2. The Kier molecular flexibility index (Phi) is 8.52. The fourth-order valence-electron chi connectivity index (χ4n) is 8.91. The molecule has 12 rings (SSSR count). The van der Waals surface area contributed by atoms with Gasteiger partial charge in [-0.05, 0) is 63.4 Å². The molecule has 0 aliphatic carbocycles. The van der Waals surface area contributed by atoms with E-state index in [0.717, 1.165) is 112 Å². The van der Waals surface area contributed by atoms with Gasteiger partial charge >= 0.3 is 0 Å². The molecular weight excluding hydrogens is 757 g/mol. The smallest absolute Gasteiger partial charge is 0.160 e. The molecule has 2 N–H and O–H groups in total. The fraction of sp³-hybridized carbons (Fsp3) is 0.0357. The number of aromatic nitrogens is 4. The first-order chi connectivity index (χ1) is 30.7. The highest BCUT2D eigenvalue weighted by atomic mass is 15.0. The molecule has 10 aromatic rings. The number of anilines is 2. The molecule has 0 fully saturated rings. The Balaban J connectivity index is 0.875.